The van der Waals surface area contributed by atoms with Gasteiger partial charge in [-0.25, -0.2) is 9.52 Å². The Labute approximate surface area is 95.3 Å². The van der Waals surface area contributed by atoms with E-state index in [9.17, 15) is 13.2 Å². The minimum Gasteiger partial charge on any atom is -0.452 e. The smallest absolute Gasteiger partial charge is 0.421 e. The zero-order valence-electron chi connectivity index (χ0n) is 9.39. The van der Waals surface area contributed by atoms with Crippen LogP contribution in [0.15, 0.2) is 0 Å². The van der Waals surface area contributed by atoms with Crippen LogP contribution < -0.4 is 10.0 Å². The van der Waals surface area contributed by atoms with Crippen molar-refractivity contribution in [2.24, 2.45) is 0 Å². The lowest BCUT2D eigenvalue weighted by Gasteiger charge is -2.25. The number of hydrogen-bond donors (Lipinski definition) is 2. The Balaban J connectivity index is 2.73. The van der Waals surface area contributed by atoms with Gasteiger partial charge in [0.05, 0.1) is 7.11 Å². The monoisotopic (exact) mass is 251 g/mol. The summed E-state index contributed by atoms with van der Waals surface area (Å²) in [5.74, 6) is 0. The molecule has 8 heteroatoms. The van der Waals surface area contributed by atoms with Crippen LogP contribution in [0.3, 0.4) is 0 Å². The summed E-state index contributed by atoms with van der Waals surface area (Å²) in [6.07, 6.45) is -0.222. The average Bonchev–Trinajstić information content (AvgIpc) is 2.70. The van der Waals surface area contributed by atoms with Crippen LogP contribution in [0.5, 0.6) is 0 Å². The first-order valence-corrected chi connectivity index (χ1v) is 6.53. The van der Waals surface area contributed by atoms with E-state index in [-0.39, 0.29) is 6.04 Å². The van der Waals surface area contributed by atoms with Crippen LogP contribution in [0.4, 0.5) is 4.79 Å². The van der Waals surface area contributed by atoms with Crippen molar-refractivity contribution < 1.29 is 17.9 Å². The van der Waals surface area contributed by atoms with Gasteiger partial charge in [0.1, 0.15) is 0 Å². The van der Waals surface area contributed by atoms with Crippen LogP contribution >= 0.6 is 0 Å². The van der Waals surface area contributed by atoms with Gasteiger partial charge in [-0.2, -0.15) is 12.7 Å². The molecule has 0 aromatic rings. The number of hydrogen-bond acceptors (Lipinski definition) is 5. The molecule has 0 aromatic heterocycles. The van der Waals surface area contributed by atoms with Crippen LogP contribution in [-0.4, -0.2) is 51.6 Å². The predicted octanol–water partition coefficient (Wildman–Crippen LogP) is -0.729. The number of ether oxygens (including phenoxy) is 1. The molecule has 2 N–H and O–H groups in total. The Morgan fingerprint density at radius 2 is 2.31 bits per heavy atom. The van der Waals surface area contributed by atoms with Crippen LogP contribution in [0.2, 0.25) is 0 Å². The van der Waals surface area contributed by atoms with Gasteiger partial charge in [-0.1, -0.05) is 6.92 Å². The second-order valence-electron chi connectivity index (χ2n) is 3.45. The quantitative estimate of drug-likeness (QED) is 0.688. The van der Waals surface area contributed by atoms with Crippen molar-refractivity contribution in [2.45, 2.75) is 19.4 Å². The molecule has 0 saturated carbocycles. The van der Waals surface area contributed by atoms with Crippen LogP contribution in [0.1, 0.15) is 13.3 Å². The summed E-state index contributed by atoms with van der Waals surface area (Å²) < 4.78 is 31.0. The number of likely N-dealkylation sites (N-methyl/N-ethyl adjacent to an activating group) is 1. The fourth-order valence-electron chi connectivity index (χ4n) is 1.72. The van der Waals surface area contributed by atoms with Gasteiger partial charge in [0.2, 0.25) is 0 Å². The molecule has 1 saturated heterocycles. The molecule has 1 heterocycles. The molecule has 1 rings (SSSR count). The van der Waals surface area contributed by atoms with Gasteiger partial charge in [-0.15, -0.1) is 0 Å². The molecule has 1 aliphatic heterocycles. The molecular formula is C8H17N3O4S. The van der Waals surface area contributed by atoms with Gasteiger partial charge in [0.15, 0.2) is 0 Å². The summed E-state index contributed by atoms with van der Waals surface area (Å²) in [6, 6.07) is -0.104. The van der Waals surface area contributed by atoms with E-state index >= 15 is 0 Å². The first-order valence-electron chi connectivity index (χ1n) is 5.09. The molecule has 94 valence electrons. The molecule has 16 heavy (non-hydrogen) atoms. The Kier molecular flexibility index (Phi) is 4.51. The third-order valence-corrected chi connectivity index (χ3v) is 4.06. The van der Waals surface area contributed by atoms with E-state index in [1.165, 1.54) is 4.31 Å². The maximum Gasteiger partial charge on any atom is 0.421 e. The molecular weight excluding hydrogens is 234 g/mol. The zero-order chi connectivity index (χ0) is 12.2. The highest BCUT2D eigenvalue weighted by Gasteiger charge is 2.31. The lowest BCUT2D eigenvalue weighted by atomic mass is 10.3. The van der Waals surface area contributed by atoms with Crippen molar-refractivity contribution in [3.63, 3.8) is 0 Å². The minimum atomic E-state index is -3.80. The molecule has 7 nitrogen and oxygen atoms in total. The van der Waals surface area contributed by atoms with E-state index in [1.54, 1.807) is 6.92 Å². The number of carbonyl (C=O) groups excluding carboxylic acids is 1. The van der Waals surface area contributed by atoms with Gasteiger partial charge in [-0.05, 0) is 13.0 Å². The van der Waals surface area contributed by atoms with E-state index in [0.29, 0.717) is 13.1 Å². The van der Waals surface area contributed by atoms with E-state index in [1.807, 2.05) is 4.72 Å². The zero-order valence-corrected chi connectivity index (χ0v) is 10.2. The number of carbonyl (C=O) groups is 1. The number of methoxy groups -OCH3 is 1. The summed E-state index contributed by atoms with van der Waals surface area (Å²) in [7, 11) is -2.68. The normalized spacial score (nSPS) is 21.1. The second kappa shape index (κ2) is 5.46. The van der Waals surface area contributed by atoms with Crippen molar-refractivity contribution in [3.8, 4) is 0 Å². The fourth-order valence-corrected chi connectivity index (χ4v) is 3.04. The number of rotatable bonds is 4. The first-order chi connectivity index (χ1) is 7.51. The maximum atomic E-state index is 11.8. The van der Waals surface area contributed by atoms with E-state index in [4.69, 9.17) is 0 Å². The van der Waals surface area contributed by atoms with Crippen LogP contribution in [0, 0.1) is 0 Å². The molecule has 1 unspecified atom stereocenters. The third kappa shape index (κ3) is 3.06. The number of nitrogens with one attached hydrogen (secondary N) is 2. The van der Waals surface area contributed by atoms with Crippen molar-refractivity contribution in [3.05, 3.63) is 0 Å². The van der Waals surface area contributed by atoms with E-state index < -0.39 is 16.3 Å². The molecule has 1 atom stereocenters. The number of amides is 1. The van der Waals surface area contributed by atoms with Gasteiger partial charge >= 0.3 is 16.3 Å². The summed E-state index contributed by atoms with van der Waals surface area (Å²) in [6.45, 7) is 3.44. The molecule has 0 aliphatic carbocycles. The van der Waals surface area contributed by atoms with Crippen LogP contribution in [-0.2, 0) is 14.9 Å². The van der Waals surface area contributed by atoms with Gasteiger partial charge < -0.3 is 10.1 Å². The van der Waals surface area contributed by atoms with Gasteiger partial charge in [-0.3, -0.25) is 0 Å². The van der Waals surface area contributed by atoms with E-state index in [2.05, 4.69) is 10.1 Å². The van der Waals surface area contributed by atoms with E-state index in [0.717, 1.165) is 20.1 Å². The molecule has 0 radical (unpaired) electrons. The SMILES string of the molecule is CCN(C1CCNC1)S(=O)(=O)NC(=O)OC. The summed E-state index contributed by atoms with van der Waals surface area (Å²) in [5.41, 5.74) is 0. The Hall–Kier alpha value is -0.860. The standard InChI is InChI=1S/C8H17N3O4S/c1-3-11(7-4-5-9-6-7)16(13,14)10-8(12)15-2/h7,9H,3-6H2,1-2H3,(H,10,12). The Morgan fingerprint density at radius 3 is 2.75 bits per heavy atom. The van der Waals surface area contributed by atoms with Crippen molar-refractivity contribution in [1.29, 1.82) is 0 Å². The van der Waals surface area contributed by atoms with Crippen LogP contribution in [0.25, 0.3) is 0 Å². The van der Waals surface area contributed by atoms with Crippen molar-refractivity contribution in [1.82, 2.24) is 14.3 Å². The molecule has 1 aliphatic rings. The Morgan fingerprint density at radius 1 is 1.62 bits per heavy atom. The maximum absolute atomic E-state index is 11.8. The molecule has 0 bridgehead atoms. The highest BCUT2D eigenvalue weighted by Crippen LogP contribution is 2.11. The van der Waals surface area contributed by atoms with Gasteiger partial charge in [0, 0.05) is 19.1 Å². The Bertz CT molecular complexity index is 337. The molecule has 1 fully saturated rings. The predicted molar refractivity (Wildman–Crippen MR) is 58.1 cm³/mol. The molecule has 0 spiro atoms. The highest BCUT2D eigenvalue weighted by atomic mass is 32.2. The van der Waals surface area contributed by atoms with Crippen molar-refractivity contribution >= 4 is 16.3 Å². The number of nitrogens with zero attached hydrogens (tertiary/aromatic N) is 1. The fraction of sp³-hybridized carbons (Fsp3) is 0.875. The summed E-state index contributed by atoms with van der Waals surface area (Å²) in [5, 5.41) is 3.08. The largest absolute Gasteiger partial charge is 0.452 e. The first kappa shape index (κ1) is 13.2. The third-order valence-electron chi connectivity index (χ3n) is 2.46. The lowest BCUT2D eigenvalue weighted by molar-refractivity contribution is 0.176. The highest BCUT2D eigenvalue weighted by molar-refractivity contribution is 7.87. The molecule has 0 aromatic carbocycles. The van der Waals surface area contributed by atoms with Crippen molar-refractivity contribution in [2.75, 3.05) is 26.7 Å². The summed E-state index contributed by atoms with van der Waals surface area (Å²) >= 11 is 0. The minimum absolute atomic E-state index is 0.104. The van der Waals surface area contributed by atoms with Gasteiger partial charge in [0.25, 0.3) is 0 Å². The lowest BCUT2D eigenvalue weighted by Crippen LogP contribution is -2.49. The second-order valence-corrected chi connectivity index (χ2v) is 5.07. The molecule has 1 amide bonds. The topological polar surface area (TPSA) is 87.7 Å². The average molecular weight is 251 g/mol. The summed E-state index contributed by atoms with van der Waals surface area (Å²) in [4.78, 5) is 10.9.